The minimum Gasteiger partial charge on any atom is -0.324 e. The maximum absolute atomic E-state index is 6.20. The van der Waals surface area contributed by atoms with Gasteiger partial charge in [0.15, 0.2) is 0 Å². The van der Waals surface area contributed by atoms with Crippen molar-refractivity contribution in [1.29, 1.82) is 0 Å². The molecule has 1 aromatic carbocycles. The van der Waals surface area contributed by atoms with E-state index in [9.17, 15) is 0 Å². The van der Waals surface area contributed by atoms with Gasteiger partial charge in [0.25, 0.3) is 0 Å². The Balaban J connectivity index is 2.57. The highest BCUT2D eigenvalue weighted by Gasteiger charge is 2.18. The molecule has 0 radical (unpaired) electrons. The Morgan fingerprint density at radius 2 is 2.00 bits per heavy atom. The lowest BCUT2D eigenvalue weighted by molar-refractivity contribution is 0.635. The predicted molar refractivity (Wildman–Crippen MR) is 62.8 cm³/mol. The fraction of sp³-hybridized carbons (Fsp3) is 0.500. The summed E-state index contributed by atoms with van der Waals surface area (Å²) in [5.41, 5.74) is 10.3. The second-order valence-corrected chi connectivity index (χ2v) is 5.14. The van der Waals surface area contributed by atoms with E-state index < -0.39 is 0 Å². The SMILES string of the molecule is Cc1ccc(C)c2c1SCCCC2N. The summed E-state index contributed by atoms with van der Waals surface area (Å²) in [5.74, 6) is 1.21. The van der Waals surface area contributed by atoms with Crippen molar-refractivity contribution in [1.82, 2.24) is 0 Å². The van der Waals surface area contributed by atoms with Crippen LogP contribution in [0.15, 0.2) is 17.0 Å². The highest BCUT2D eigenvalue weighted by atomic mass is 32.2. The van der Waals surface area contributed by atoms with Gasteiger partial charge in [0.1, 0.15) is 0 Å². The molecule has 0 bridgehead atoms. The summed E-state index contributed by atoms with van der Waals surface area (Å²) in [6.07, 6.45) is 2.36. The number of aryl methyl sites for hydroxylation is 2. The molecule has 1 aromatic rings. The highest BCUT2D eigenvalue weighted by Crippen LogP contribution is 2.37. The lowest BCUT2D eigenvalue weighted by Gasteiger charge is -2.16. The molecule has 1 aliphatic rings. The average Bonchev–Trinajstić information content (AvgIpc) is 2.35. The summed E-state index contributed by atoms with van der Waals surface area (Å²) in [6.45, 7) is 4.35. The fourth-order valence-electron chi connectivity index (χ4n) is 2.08. The van der Waals surface area contributed by atoms with Crippen LogP contribution in [0.25, 0.3) is 0 Å². The van der Waals surface area contributed by atoms with Crippen LogP contribution < -0.4 is 5.73 Å². The molecule has 0 amide bonds. The standard InChI is InChI=1S/C12H17NS/c1-8-5-6-9(2)12-11(8)10(13)4-3-7-14-12/h5-6,10H,3-4,7,13H2,1-2H3. The minimum absolute atomic E-state index is 0.250. The van der Waals surface area contributed by atoms with Gasteiger partial charge in [0.05, 0.1) is 0 Å². The molecule has 2 N–H and O–H groups in total. The van der Waals surface area contributed by atoms with Crippen molar-refractivity contribution in [3.05, 3.63) is 28.8 Å². The number of rotatable bonds is 0. The van der Waals surface area contributed by atoms with E-state index in [2.05, 4.69) is 26.0 Å². The molecule has 1 atom stereocenters. The normalized spacial score (nSPS) is 21.5. The molecule has 1 aliphatic heterocycles. The van der Waals surface area contributed by atoms with Gasteiger partial charge in [-0.05, 0) is 49.1 Å². The molecule has 0 aromatic heterocycles. The van der Waals surface area contributed by atoms with Gasteiger partial charge >= 0.3 is 0 Å². The lowest BCUT2D eigenvalue weighted by Crippen LogP contribution is -2.12. The van der Waals surface area contributed by atoms with Gasteiger partial charge in [-0.2, -0.15) is 0 Å². The molecule has 14 heavy (non-hydrogen) atoms. The van der Waals surface area contributed by atoms with Crippen molar-refractivity contribution in [2.24, 2.45) is 5.73 Å². The van der Waals surface area contributed by atoms with Gasteiger partial charge in [-0.15, -0.1) is 11.8 Å². The van der Waals surface area contributed by atoms with Gasteiger partial charge in [-0.1, -0.05) is 12.1 Å². The van der Waals surface area contributed by atoms with E-state index in [-0.39, 0.29) is 6.04 Å². The van der Waals surface area contributed by atoms with Crippen molar-refractivity contribution in [2.45, 2.75) is 37.6 Å². The predicted octanol–water partition coefficient (Wildman–Crippen LogP) is 3.19. The average molecular weight is 207 g/mol. The first-order valence-corrected chi connectivity index (χ1v) is 6.17. The minimum atomic E-state index is 0.250. The number of fused-ring (bicyclic) bond motifs is 1. The number of thioether (sulfide) groups is 1. The summed E-state index contributed by atoms with van der Waals surface area (Å²) in [6, 6.07) is 4.65. The molecule has 76 valence electrons. The largest absolute Gasteiger partial charge is 0.324 e. The summed E-state index contributed by atoms with van der Waals surface area (Å²) in [5, 5.41) is 0. The third kappa shape index (κ3) is 1.69. The van der Waals surface area contributed by atoms with E-state index in [0.29, 0.717) is 0 Å². The Morgan fingerprint density at radius 3 is 2.79 bits per heavy atom. The molecule has 2 rings (SSSR count). The molecule has 1 nitrogen and oxygen atoms in total. The number of hydrogen-bond donors (Lipinski definition) is 1. The Bertz CT molecular complexity index is 346. The first-order valence-electron chi connectivity index (χ1n) is 5.18. The molecule has 1 heterocycles. The quantitative estimate of drug-likeness (QED) is 0.707. The van der Waals surface area contributed by atoms with Crippen molar-refractivity contribution in [3.63, 3.8) is 0 Å². The van der Waals surface area contributed by atoms with Crippen LogP contribution in [0.3, 0.4) is 0 Å². The molecular weight excluding hydrogens is 190 g/mol. The lowest BCUT2D eigenvalue weighted by atomic mass is 9.96. The number of benzene rings is 1. The van der Waals surface area contributed by atoms with Gasteiger partial charge in [0.2, 0.25) is 0 Å². The maximum Gasteiger partial charge on any atom is 0.0309 e. The topological polar surface area (TPSA) is 26.0 Å². The van der Waals surface area contributed by atoms with Crippen molar-refractivity contribution in [3.8, 4) is 0 Å². The van der Waals surface area contributed by atoms with Crippen LogP contribution in [0.5, 0.6) is 0 Å². The van der Waals surface area contributed by atoms with E-state index in [0.717, 1.165) is 6.42 Å². The number of nitrogens with two attached hydrogens (primary N) is 1. The highest BCUT2D eigenvalue weighted by molar-refractivity contribution is 7.99. The van der Waals surface area contributed by atoms with E-state index >= 15 is 0 Å². The Hall–Kier alpha value is -0.470. The van der Waals surface area contributed by atoms with Crippen molar-refractivity contribution >= 4 is 11.8 Å². The van der Waals surface area contributed by atoms with E-state index in [1.54, 1.807) is 0 Å². The van der Waals surface area contributed by atoms with Gasteiger partial charge in [-0.25, -0.2) is 0 Å². The van der Waals surface area contributed by atoms with Crippen molar-refractivity contribution < 1.29 is 0 Å². The van der Waals surface area contributed by atoms with Crippen LogP contribution in [-0.2, 0) is 0 Å². The molecule has 0 saturated heterocycles. The van der Waals surface area contributed by atoms with Crippen LogP contribution in [0.1, 0.15) is 35.6 Å². The molecule has 0 spiro atoms. The van der Waals surface area contributed by atoms with Crippen LogP contribution in [-0.4, -0.2) is 5.75 Å². The first kappa shape index (κ1) is 10.1. The number of hydrogen-bond acceptors (Lipinski definition) is 2. The zero-order chi connectivity index (χ0) is 10.1. The molecule has 1 unspecified atom stereocenters. The summed E-state index contributed by atoms with van der Waals surface area (Å²) in [7, 11) is 0. The Morgan fingerprint density at radius 1 is 1.29 bits per heavy atom. The summed E-state index contributed by atoms with van der Waals surface area (Å²) in [4.78, 5) is 1.44. The monoisotopic (exact) mass is 207 g/mol. The van der Waals surface area contributed by atoms with E-state index in [4.69, 9.17) is 5.73 Å². The van der Waals surface area contributed by atoms with Crippen LogP contribution in [0, 0.1) is 13.8 Å². The van der Waals surface area contributed by atoms with Gasteiger partial charge < -0.3 is 5.73 Å². The second kappa shape index (κ2) is 3.95. The first-order chi connectivity index (χ1) is 6.70. The van der Waals surface area contributed by atoms with Gasteiger partial charge in [-0.3, -0.25) is 0 Å². The van der Waals surface area contributed by atoms with Crippen molar-refractivity contribution in [2.75, 3.05) is 5.75 Å². The van der Waals surface area contributed by atoms with E-state index in [1.165, 1.54) is 33.8 Å². The maximum atomic E-state index is 6.20. The summed E-state index contributed by atoms with van der Waals surface area (Å²) >= 11 is 1.97. The Kier molecular flexibility index (Phi) is 2.84. The Labute approximate surface area is 90.1 Å². The van der Waals surface area contributed by atoms with Crippen LogP contribution >= 0.6 is 11.8 Å². The smallest absolute Gasteiger partial charge is 0.0309 e. The summed E-state index contributed by atoms with van der Waals surface area (Å²) < 4.78 is 0. The third-order valence-corrected chi connectivity index (χ3v) is 4.21. The van der Waals surface area contributed by atoms with Gasteiger partial charge in [0, 0.05) is 10.9 Å². The molecule has 0 fully saturated rings. The molecular formula is C12H17NS. The zero-order valence-electron chi connectivity index (χ0n) is 8.84. The molecule has 0 saturated carbocycles. The second-order valence-electron chi connectivity index (χ2n) is 4.04. The molecule has 0 aliphatic carbocycles. The zero-order valence-corrected chi connectivity index (χ0v) is 9.66. The third-order valence-electron chi connectivity index (χ3n) is 2.89. The van der Waals surface area contributed by atoms with Crippen LogP contribution in [0.2, 0.25) is 0 Å². The fourth-order valence-corrected chi connectivity index (χ4v) is 3.36. The van der Waals surface area contributed by atoms with Crippen LogP contribution in [0.4, 0.5) is 0 Å². The van der Waals surface area contributed by atoms with E-state index in [1.807, 2.05) is 11.8 Å². The molecule has 2 heteroatoms.